The number of hydrogen-bond donors (Lipinski definition) is 0. The van der Waals surface area contributed by atoms with Crippen molar-refractivity contribution in [3.8, 4) is 5.75 Å². The maximum Gasteiger partial charge on any atom is 0.119 e. The highest BCUT2D eigenvalue weighted by Gasteiger charge is 2.14. The molecule has 0 aliphatic rings. The monoisotopic (exact) mass is 372 g/mol. The standard InChI is InChI=1S/C16H15BrCl2O/c1-10(2)20-13-6-3-11(4-7-13)16(17)14-8-5-12(18)9-15(14)19/h3-10,16H,1-2H3. The van der Waals surface area contributed by atoms with Crippen LogP contribution in [0.1, 0.15) is 29.8 Å². The fraction of sp³-hybridized carbons (Fsp3) is 0.250. The third-order valence-electron chi connectivity index (χ3n) is 2.78. The Morgan fingerprint density at radius 3 is 2.20 bits per heavy atom. The zero-order valence-electron chi connectivity index (χ0n) is 11.2. The molecule has 0 saturated heterocycles. The first-order chi connectivity index (χ1) is 9.47. The van der Waals surface area contributed by atoms with Crippen LogP contribution < -0.4 is 4.74 Å². The van der Waals surface area contributed by atoms with Crippen LogP contribution in [0.3, 0.4) is 0 Å². The Morgan fingerprint density at radius 1 is 1.00 bits per heavy atom. The van der Waals surface area contributed by atoms with E-state index in [4.69, 9.17) is 27.9 Å². The van der Waals surface area contributed by atoms with Gasteiger partial charge in [0.2, 0.25) is 0 Å². The lowest BCUT2D eigenvalue weighted by Crippen LogP contribution is -2.05. The van der Waals surface area contributed by atoms with Crippen LogP contribution in [0.2, 0.25) is 10.0 Å². The molecule has 20 heavy (non-hydrogen) atoms. The zero-order chi connectivity index (χ0) is 14.7. The molecule has 0 aliphatic heterocycles. The van der Waals surface area contributed by atoms with E-state index in [0.29, 0.717) is 10.0 Å². The van der Waals surface area contributed by atoms with Crippen molar-refractivity contribution < 1.29 is 4.74 Å². The highest BCUT2D eigenvalue weighted by Crippen LogP contribution is 2.36. The fourth-order valence-corrected chi connectivity index (χ4v) is 3.23. The maximum atomic E-state index is 6.24. The molecule has 0 bridgehead atoms. The molecule has 0 spiro atoms. The predicted octanol–water partition coefficient (Wildman–Crippen LogP) is 6.26. The van der Waals surface area contributed by atoms with Crippen LogP contribution in [0.5, 0.6) is 5.75 Å². The summed E-state index contributed by atoms with van der Waals surface area (Å²) in [5.41, 5.74) is 2.11. The van der Waals surface area contributed by atoms with Gasteiger partial charge in [0.15, 0.2) is 0 Å². The number of ether oxygens (including phenoxy) is 1. The van der Waals surface area contributed by atoms with Crippen LogP contribution in [0.25, 0.3) is 0 Å². The maximum absolute atomic E-state index is 6.24. The van der Waals surface area contributed by atoms with E-state index in [2.05, 4.69) is 15.9 Å². The van der Waals surface area contributed by atoms with E-state index in [1.807, 2.05) is 50.2 Å². The van der Waals surface area contributed by atoms with Gasteiger partial charge in [0.1, 0.15) is 5.75 Å². The average molecular weight is 374 g/mol. The van der Waals surface area contributed by atoms with E-state index in [9.17, 15) is 0 Å². The summed E-state index contributed by atoms with van der Waals surface area (Å²) in [6.07, 6.45) is 0.173. The summed E-state index contributed by atoms with van der Waals surface area (Å²) in [7, 11) is 0. The van der Waals surface area contributed by atoms with Gasteiger partial charge in [0, 0.05) is 10.0 Å². The van der Waals surface area contributed by atoms with Gasteiger partial charge in [-0.3, -0.25) is 0 Å². The normalized spacial score (nSPS) is 12.5. The number of rotatable bonds is 4. The summed E-state index contributed by atoms with van der Waals surface area (Å²) in [5.74, 6) is 0.866. The molecular weight excluding hydrogens is 359 g/mol. The molecule has 1 nitrogen and oxygen atoms in total. The first-order valence-corrected chi connectivity index (χ1v) is 8.00. The average Bonchev–Trinajstić information content (AvgIpc) is 2.38. The number of halogens is 3. The SMILES string of the molecule is CC(C)Oc1ccc(C(Br)c2ccc(Cl)cc2Cl)cc1. The Morgan fingerprint density at radius 2 is 1.65 bits per heavy atom. The topological polar surface area (TPSA) is 9.23 Å². The first-order valence-electron chi connectivity index (χ1n) is 6.33. The van der Waals surface area contributed by atoms with Gasteiger partial charge >= 0.3 is 0 Å². The third-order valence-corrected chi connectivity index (χ3v) is 4.36. The summed E-state index contributed by atoms with van der Waals surface area (Å²) in [4.78, 5) is 0.0281. The van der Waals surface area contributed by atoms with Crippen molar-refractivity contribution in [2.45, 2.75) is 24.8 Å². The Hall–Kier alpha value is -0.700. The quantitative estimate of drug-likeness (QED) is 0.574. The zero-order valence-corrected chi connectivity index (χ0v) is 14.3. The van der Waals surface area contributed by atoms with Gasteiger partial charge in [-0.15, -0.1) is 0 Å². The van der Waals surface area contributed by atoms with E-state index in [1.165, 1.54) is 0 Å². The molecule has 106 valence electrons. The smallest absolute Gasteiger partial charge is 0.119 e. The van der Waals surface area contributed by atoms with E-state index < -0.39 is 0 Å². The van der Waals surface area contributed by atoms with Gasteiger partial charge in [-0.25, -0.2) is 0 Å². The molecule has 0 aliphatic carbocycles. The van der Waals surface area contributed by atoms with Gasteiger partial charge in [-0.05, 0) is 49.2 Å². The highest BCUT2D eigenvalue weighted by molar-refractivity contribution is 9.09. The van der Waals surface area contributed by atoms with Crippen molar-refractivity contribution in [1.82, 2.24) is 0 Å². The Labute approximate surface area is 138 Å². The Bertz CT molecular complexity index is 582. The fourth-order valence-electron chi connectivity index (χ4n) is 1.87. The molecule has 0 fully saturated rings. The predicted molar refractivity (Wildman–Crippen MR) is 89.4 cm³/mol. The summed E-state index contributed by atoms with van der Waals surface area (Å²) in [6.45, 7) is 4.02. The minimum Gasteiger partial charge on any atom is -0.491 e. The van der Waals surface area contributed by atoms with E-state index in [0.717, 1.165) is 16.9 Å². The van der Waals surface area contributed by atoms with Crippen LogP contribution >= 0.6 is 39.1 Å². The molecule has 2 rings (SSSR count). The number of alkyl halides is 1. The molecule has 2 aromatic carbocycles. The van der Waals surface area contributed by atoms with Crippen molar-refractivity contribution in [3.05, 3.63) is 63.6 Å². The Kier molecular flexibility index (Phi) is 5.36. The molecule has 0 saturated carbocycles. The van der Waals surface area contributed by atoms with Crippen molar-refractivity contribution in [2.24, 2.45) is 0 Å². The molecule has 0 heterocycles. The summed E-state index contributed by atoms with van der Waals surface area (Å²) >= 11 is 15.8. The molecule has 0 radical (unpaired) electrons. The first kappa shape index (κ1) is 15.7. The summed E-state index contributed by atoms with van der Waals surface area (Å²) < 4.78 is 5.64. The molecule has 0 N–H and O–H groups in total. The minimum absolute atomic E-state index is 0.0281. The minimum atomic E-state index is 0.0281. The van der Waals surface area contributed by atoms with Crippen LogP contribution in [0.4, 0.5) is 0 Å². The van der Waals surface area contributed by atoms with Gasteiger partial charge in [0.05, 0.1) is 10.9 Å². The van der Waals surface area contributed by atoms with Crippen LogP contribution in [-0.4, -0.2) is 6.10 Å². The lowest BCUT2D eigenvalue weighted by Gasteiger charge is -2.14. The Balaban J connectivity index is 2.22. The lowest BCUT2D eigenvalue weighted by atomic mass is 10.0. The van der Waals surface area contributed by atoms with Crippen molar-refractivity contribution in [1.29, 1.82) is 0 Å². The van der Waals surface area contributed by atoms with Crippen LogP contribution in [0.15, 0.2) is 42.5 Å². The van der Waals surface area contributed by atoms with Crippen LogP contribution in [-0.2, 0) is 0 Å². The van der Waals surface area contributed by atoms with E-state index in [1.54, 1.807) is 6.07 Å². The molecule has 0 aromatic heterocycles. The summed E-state index contributed by atoms with van der Waals surface area (Å²) in [5, 5.41) is 1.29. The second kappa shape index (κ2) is 6.84. The van der Waals surface area contributed by atoms with Gasteiger partial charge in [-0.2, -0.15) is 0 Å². The second-order valence-electron chi connectivity index (χ2n) is 4.76. The molecular formula is C16H15BrCl2O. The van der Waals surface area contributed by atoms with Crippen molar-refractivity contribution in [3.63, 3.8) is 0 Å². The van der Waals surface area contributed by atoms with Gasteiger partial charge in [0.25, 0.3) is 0 Å². The third kappa shape index (κ3) is 3.91. The molecule has 0 amide bonds. The molecule has 4 heteroatoms. The van der Waals surface area contributed by atoms with E-state index >= 15 is 0 Å². The lowest BCUT2D eigenvalue weighted by molar-refractivity contribution is 0.242. The van der Waals surface area contributed by atoms with E-state index in [-0.39, 0.29) is 10.9 Å². The largest absolute Gasteiger partial charge is 0.491 e. The van der Waals surface area contributed by atoms with Crippen LogP contribution in [0, 0.1) is 0 Å². The summed E-state index contributed by atoms with van der Waals surface area (Å²) in [6, 6.07) is 13.5. The molecule has 1 atom stereocenters. The number of benzene rings is 2. The van der Waals surface area contributed by atoms with Crippen molar-refractivity contribution in [2.75, 3.05) is 0 Å². The molecule has 2 aromatic rings. The molecule has 1 unspecified atom stereocenters. The van der Waals surface area contributed by atoms with Gasteiger partial charge in [-0.1, -0.05) is 57.3 Å². The van der Waals surface area contributed by atoms with Gasteiger partial charge < -0.3 is 4.74 Å². The highest BCUT2D eigenvalue weighted by atomic mass is 79.9. The number of hydrogen-bond acceptors (Lipinski definition) is 1. The van der Waals surface area contributed by atoms with Crippen molar-refractivity contribution >= 4 is 39.1 Å². The second-order valence-corrected chi connectivity index (χ2v) is 6.52.